The SMILES string of the molecule is COC(=O)c1ccc(-c2ncc(C(F)(F)F)c(N/C(C=N)=C/NC3CCOCC3)n2)cc1. The van der Waals surface area contributed by atoms with Crippen LogP contribution in [0.3, 0.4) is 0 Å². The molecule has 32 heavy (non-hydrogen) atoms. The van der Waals surface area contributed by atoms with Crippen molar-refractivity contribution in [2.75, 3.05) is 25.6 Å². The van der Waals surface area contributed by atoms with Crippen LogP contribution in [0.5, 0.6) is 0 Å². The standard InChI is InChI=1S/C21H22F3N5O3/c1-31-20(30)14-4-2-13(3-5-14)18-27-12-17(21(22,23)24)19(29-18)28-16(10-25)11-26-15-6-8-32-9-7-15/h2-5,10-12,15,25-26H,6-9H2,1H3,(H,27,28,29)/b16-11+,25-10?. The number of halogens is 3. The Morgan fingerprint density at radius 3 is 2.53 bits per heavy atom. The summed E-state index contributed by atoms with van der Waals surface area (Å²) in [5, 5.41) is 13.2. The van der Waals surface area contributed by atoms with Crippen molar-refractivity contribution in [2.45, 2.75) is 25.1 Å². The molecule has 3 N–H and O–H groups in total. The fourth-order valence-corrected chi connectivity index (χ4v) is 3.02. The number of methoxy groups -OCH3 is 1. The van der Waals surface area contributed by atoms with E-state index in [9.17, 15) is 18.0 Å². The molecule has 0 unspecified atom stereocenters. The van der Waals surface area contributed by atoms with Gasteiger partial charge in [-0.3, -0.25) is 0 Å². The number of carbonyl (C=O) groups excluding carboxylic acids is 1. The highest BCUT2D eigenvalue weighted by Gasteiger charge is 2.35. The number of allylic oxidation sites excluding steroid dienone is 1. The first kappa shape index (κ1) is 23.2. The van der Waals surface area contributed by atoms with E-state index in [0.717, 1.165) is 19.1 Å². The summed E-state index contributed by atoms with van der Waals surface area (Å²) in [7, 11) is 1.25. The third kappa shape index (κ3) is 5.82. The zero-order chi connectivity index (χ0) is 23.1. The van der Waals surface area contributed by atoms with Crippen LogP contribution in [-0.2, 0) is 15.7 Å². The molecule has 1 aliphatic heterocycles. The lowest BCUT2D eigenvalue weighted by Crippen LogP contribution is -2.32. The lowest BCUT2D eigenvalue weighted by Gasteiger charge is -2.22. The maximum atomic E-state index is 13.5. The molecule has 1 aromatic heterocycles. The Kier molecular flexibility index (Phi) is 7.41. The summed E-state index contributed by atoms with van der Waals surface area (Å²) in [6.45, 7) is 1.20. The first-order chi connectivity index (χ1) is 15.3. The van der Waals surface area contributed by atoms with Gasteiger partial charge in [0.05, 0.1) is 18.4 Å². The number of hydrogen-bond donors (Lipinski definition) is 3. The predicted molar refractivity (Wildman–Crippen MR) is 111 cm³/mol. The van der Waals surface area contributed by atoms with Crippen LogP contribution in [-0.4, -0.2) is 48.5 Å². The predicted octanol–water partition coefficient (Wildman–Crippen LogP) is 3.62. The first-order valence-corrected chi connectivity index (χ1v) is 9.76. The number of rotatable bonds is 7. The number of aromatic nitrogens is 2. The van der Waals surface area contributed by atoms with Crippen molar-refractivity contribution in [1.82, 2.24) is 15.3 Å². The van der Waals surface area contributed by atoms with Gasteiger partial charge in [-0.25, -0.2) is 14.8 Å². The summed E-state index contributed by atoms with van der Waals surface area (Å²) in [5.41, 5.74) is -0.260. The van der Waals surface area contributed by atoms with E-state index in [2.05, 4.69) is 25.3 Å². The van der Waals surface area contributed by atoms with Gasteiger partial charge in [0, 0.05) is 43.4 Å². The van der Waals surface area contributed by atoms with E-state index in [1.54, 1.807) is 0 Å². The minimum atomic E-state index is -4.70. The molecule has 8 nitrogen and oxygen atoms in total. The Morgan fingerprint density at radius 1 is 1.25 bits per heavy atom. The lowest BCUT2D eigenvalue weighted by atomic mass is 10.1. The second kappa shape index (κ2) is 10.2. The molecule has 1 aromatic carbocycles. The molecule has 0 atom stereocenters. The van der Waals surface area contributed by atoms with Crippen molar-refractivity contribution < 1.29 is 27.4 Å². The highest BCUT2D eigenvalue weighted by molar-refractivity contribution is 5.89. The fraction of sp³-hybridized carbons (Fsp3) is 0.333. The highest BCUT2D eigenvalue weighted by atomic mass is 19.4. The summed E-state index contributed by atoms with van der Waals surface area (Å²) in [5.74, 6) is -0.994. The Labute approximate surface area is 182 Å². The number of esters is 1. The minimum Gasteiger partial charge on any atom is -0.465 e. The second-order valence-corrected chi connectivity index (χ2v) is 6.94. The van der Waals surface area contributed by atoms with Crippen molar-refractivity contribution in [2.24, 2.45) is 0 Å². The summed E-state index contributed by atoms with van der Waals surface area (Å²) in [6.07, 6.45) is -0.137. The Hall–Kier alpha value is -3.47. The van der Waals surface area contributed by atoms with E-state index in [1.165, 1.54) is 37.6 Å². The molecule has 3 rings (SSSR count). The Balaban J connectivity index is 1.88. The number of carbonyl (C=O) groups is 1. The normalized spacial score (nSPS) is 15.2. The molecule has 2 heterocycles. The summed E-state index contributed by atoms with van der Waals surface area (Å²) in [4.78, 5) is 19.4. The van der Waals surface area contributed by atoms with E-state index < -0.39 is 23.5 Å². The first-order valence-electron chi connectivity index (χ1n) is 9.76. The van der Waals surface area contributed by atoms with Gasteiger partial charge in [-0.2, -0.15) is 13.2 Å². The average Bonchev–Trinajstić information content (AvgIpc) is 2.81. The van der Waals surface area contributed by atoms with Crippen molar-refractivity contribution in [1.29, 1.82) is 5.41 Å². The third-order valence-electron chi connectivity index (χ3n) is 4.77. The number of nitrogens with one attached hydrogen (secondary N) is 3. The molecular formula is C21H22F3N5O3. The lowest BCUT2D eigenvalue weighted by molar-refractivity contribution is -0.137. The Morgan fingerprint density at radius 2 is 1.94 bits per heavy atom. The van der Waals surface area contributed by atoms with Crippen molar-refractivity contribution in [3.8, 4) is 11.4 Å². The molecule has 2 aromatic rings. The van der Waals surface area contributed by atoms with Gasteiger partial charge in [-0.05, 0) is 25.0 Å². The van der Waals surface area contributed by atoms with Gasteiger partial charge in [-0.1, -0.05) is 12.1 Å². The van der Waals surface area contributed by atoms with Crippen LogP contribution in [0, 0.1) is 5.41 Å². The van der Waals surface area contributed by atoms with E-state index in [-0.39, 0.29) is 23.1 Å². The topological polar surface area (TPSA) is 109 Å². The van der Waals surface area contributed by atoms with Crippen LogP contribution >= 0.6 is 0 Å². The number of hydrogen-bond acceptors (Lipinski definition) is 8. The largest absolute Gasteiger partial charge is 0.465 e. The van der Waals surface area contributed by atoms with Crippen LogP contribution in [0.15, 0.2) is 42.4 Å². The number of anilines is 1. The quantitative estimate of drug-likeness (QED) is 0.438. The number of nitrogens with zero attached hydrogens (tertiary/aromatic N) is 2. The molecule has 1 aliphatic rings. The maximum Gasteiger partial charge on any atom is 0.421 e. The Bertz CT molecular complexity index is 987. The monoisotopic (exact) mass is 449 g/mol. The number of alkyl halides is 3. The third-order valence-corrected chi connectivity index (χ3v) is 4.77. The molecule has 0 saturated carbocycles. The molecule has 0 aliphatic carbocycles. The van der Waals surface area contributed by atoms with E-state index in [4.69, 9.17) is 10.1 Å². The molecule has 170 valence electrons. The molecular weight excluding hydrogens is 427 g/mol. The second-order valence-electron chi connectivity index (χ2n) is 6.94. The van der Waals surface area contributed by atoms with Gasteiger partial charge >= 0.3 is 12.1 Å². The van der Waals surface area contributed by atoms with Gasteiger partial charge in [0.1, 0.15) is 11.4 Å². The van der Waals surface area contributed by atoms with E-state index >= 15 is 0 Å². The zero-order valence-electron chi connectivity index (χ0n) is 17.2. The van der Waals surface area contributed by atoms with Gasteiger partial charge in [0.15, 0.2) is 5.82 Å². The highest BCUT2D eigenvalue weighted by Crippen LogP contribution is 2.34. The van der Waals surface area contributed by atoms with Crippen LogP contribution in [0.25, 0.3) is 11.4 Å². The summed E-state index contributed by atoms with van der Waals surface area (Å²) >= 11 is 0. The van der Waals surface area contributed by atoms with Crippen LogP contribution in [0.1, 0.15) is 28.8 Å². The summed E-state index contributed by atoms with van der Waals surface area (Å²) < 4.78 is 50.5. The van der Waals surface area contributed by atoms with Crippen molar-refractivity contribution >= 4 is 18.0 Å². The minimum absolute atomic E-state index is 0.0265. The average molecular weight is 449 g/mol. The van der Waals surface area contributed by atoms with Crippen molar-refractivity contribution in [3.05, 3.63) is 53.5 Å². The van der Waals surface area contributed by atoms with Crippen LogP contribution in [0.4, 0.5) is 19.0 Å². The van der Waals surface area contributed by atoms with E-state index in [0.29, 0.717) is 25.0 Å². The maximum absolute atomic E-state index is 13.5. The number of ether oxygens (including phenoxy) is 2. The van der Waals surface area contributed by atoms with Crippen LogP contribution < -0.4 is 10.6 Å². The molecule has 0 radical (unpaired) electrons. The summed E-state index contributed by atoms with van der Waals surface area (Å²) in [6, 6.07) is 6.07. The molecule has 1 fully saturated rings. The molecule has 0 bridgehead atoms. The molecule has 11 heteroatoms. The molecule has 1 saturated heterocycles. The van der Waals surface area contributed by atoms with E-state index in [1.807, 2.05) is 0 Å². The van der Waals surface area contributed by atoms with Gasteiger partial charge in [-0.15, -0.1) is 0 Å². The van der Waals surface area contributed by atoms with Gasteiger partial charge < -0.3 is 25.5 Å². The zero-order valence-corrected chi connectivity index (χ0v) is 17.2. The van der Waals surface area contributed by atoms with Crippen molar-refractivity contribution in [3.63, 3.8) is 0 Å². The van der Waals surface area contributed by atoms with Gasteiger partial charge in [0.25, 0.3) is 0 Å². The fourth-order valence-electron chi connectivity index (χ4n) is 3.02. The molecule has 0 amide bonds. The number of benzene rings is 1. The van der Waals surface area contributed by atoms with Crippen LogP contribution in [0.2, 0.25) is 0 Å². The van der Waals surface area contributed by atoms with Gasteiger partial charge in [0.2, 0.25) is 0 Å². The smallest absolute Gasteiger partial charge is 0.421 e. The molecule has 0 spiro atoms.